The van der Waals surface area contributed by atoms with Gasteiger partial charge in [-0.1, -0.05) is 348 Å². The number of aliphatic hydroxyl groups is 2. The summed E-state index contributed by atoms with van der Waals surface area (Å²) in [4.78, 5) is 12.5. The molecule has 0 aromatic rings. The number of rotatable bonds is 58. The Kier molecular flexibility index (Phi) is 57.2. The van der Waals surface area contributed by atoms with Crippen molar-refractivity contribution in [1.82, 2.24) is 5.32 Å². The van der Waals surface area contributed by atoms with Crippen LogP contribution in [0.25, 0.3) is 0 Å². The molecule has 0 aliphatic carbocycles. The minimum atomic E-state index is -0.655. The SMILES string of the molecule is CCCCCCCCCCCCCCCCCCCCCCCCCCCCCCCCCC(O)C(CO)NC(=O)CCCCCCCCCCCCCCCCCCCCCCCC. The highest BCUT2D eigenvalue weighted by Gasteiger charge is 2.20. The number of carbonyl (C=O) groups is 1. The Morgan fingerprint density at radius 1 is 0.308 bits per heavy atom. The molecule has 4 nitrogen and oxygen atoms in total. The topological polar surface area (TPSA) is 69.6 Å². The van der Waals surface area contributed by atoms with Crippen molar-refractivity contribution >= 4 is 5.91 Å². The Morgan fingerprint density at radius 3 is 0.692 bits per heavy atom. The van der Waals surface area contributed by atoms with Crippen molar-refractivity contribution in [2.75, 3.05) is 6.61 Å². The van der Waals surface area contributed by atoms with Crippen LogP contribution in [0, 0.1) is 0 Å². The molecule has 0 aliphatic heterocycles. The van der Waals surface area contributed by atoms with Gasteiger partial charge in [-0.3, -0.25) is 4.79 Å². The molecular weight excluding hydrogens is 795 g/mol. The molecule has 1 amide bonds. The standard InChI is InChI=1S/C61H123NO3/c1-3-5-7-9-11-13-15-17-19-21-23-25-27-28-29-30-31-32-33-34-35-36-38-40-42-44-46-48-50-52-54-56-60(64)59(58-63)62-61(65)57-55-53-51-49-47-45-43-41-39-37-26-24-22-20-18-16-14-12-10-8-6-4-2/h59-60,63-64H,3-58H2,1-2H3,(H,62,65). The predicted octanol–water partition coefficient (Wildman–Crippen LogP) is 20.3. The van der Waals surface area contributed by atoms with Gasteiger partial charge in [-0.05, 0) is 12.8 Å². The Bertz CT molecular complexity index is 864. The summed E-state index contributed by atoms with van der Waals surface area (Å²) in [5.41, 5.74) is 0. The molecule has 0 rings (SSSR count). The van der Waals surface area contributed by atoms with Crippen molar-refractivity contribution in [3.05, 3.63) is 0 Å². The number of hydrogen-bond acceptors (Lipinski definition) is 3. The van der Waals surface area contributed by atoms with Gasteiger partial charge in [0.2, 0.25) is 5.91 Å². The van der Waals surface area contributed by atoms with Crippen LogP contribution in [0.3, 0.4) is 0 Å². The summed E-state index contributed by atoms with van der Waals surface area (Å²) in [7, 11) is 0. The van der Waals surface area contributed by atoms with Crippen LogP contribution in [0.15, 0.2) is 0 Å². The first kappa shape index (κ1) is 64.4. The first-order chi connectivity index (χ1) is 32.2. The zero-order valence-corrected chi connectivity index (χ0v) is 45.1. The lowest BCUT2D eigenvalue weighted by Gasteiger charge is -2.22. The fourth-order valence-electron chi connectivity index (χ4n) is 10.2. The second-order valence-electron chi connectivity index (χ2n) is 21.5. The van der Waals surface area contributed by atoms with Crippen LogP contribution in [0.1, 0.15) is 367 Å². The van der Waals surface area contributed by atoms with Crippen LogP contribution < -0.4 is 5.32 Å². The lowest BCUT2D eigenvalue weighted by Crippen LogP contribution is -2.45. The molecule has 0 aromatic heterocycles. The lowest BCUT2D eigenvalue weighted by molar-refractivity contribution is -0.123. The molecule has 390 valence electrons. The van der Waals surface area contributed by atoms with E-state index >= 15 is 0 Å². The highest BCUT2D eigenvalue weighted by Crippen LogP contribution is 2.19. The van der Waals surface area contributed by atoms with Gasteiger partial charge < -0.3 is 15.5 Å². The van der Waals surface area contributed by atoms with E-state index in [2.05, 4.69) is 19.2 Å². The van der Waals surface area contributed by atoms with E-state index in [1.807, 2.05) is 0 Å². The lowest BCUT2D eigenvalue weighted by atomic mass is 10.0. The number of carbonyl (C=O) groups excluding carboxylic acids is 1. The van der Waals surface area contributed by atoms with Gasteiger partial charge in [0.25, 0.3) is 0 Å². The molecule has 2 unspecified atom stereocenters. The number of nitrogens with one attached hydrogen (secondary N) is 1. The Labute approximate surface area is 410 Å². The maximum atomic E-state index is 12.5. The third kappa shape index (κ3) is 54.2. The van der Waals surface area contributed by atoms with Crippen molar-refractivity contribution in [1.29, 1.82) is 0 Å². The summed E-state index contributed by atoms with van der Waals surface area (Å²) < 4.78 is 0. The number of amides is 1. The van der Waals surface area contributed by atoms with E-state index < -0.39 is 12.1 Å². The van der Waals surface area contributed by atoms with Crippen LogP contribution in [0.4, 0.5) is 0 Å². The fraction of sp³-hybridized carbons (Fsp3) is 0.984. The van der Waals surface area contributed by atoms with E-state index in [0.717, 1.165) is 25.7 Å². The number of unbranched alkanes of at least 4 members (excludes halogenated alkanes) is 51. The van der Waals surface area contributed by atoms with E-state index in [0.29, 0.717) is 12.8 Å². The van der Waals surface area contributed by atoms with E-state index in [1.54, 1.807) is 0 Å². The molecule has 0 spiro atoms. The Morgan fingerprint density at radius 2 is 0.492 bits per heavy atom. The summed E-state index contributed by atoms with van der Waals surface area (Å²) in [6, 6.07) is -0.532. The van der Waals surface area contributed by atoms with E-state index in [4.69, 9.17) is 0 Å². The van der Waals surface area contributed by atoms with Gasteiger partial charge in [0.1, 0.15) is 0 Å². The summed E-state index contributed by atoms with van der Waals surface area (Å²) in [5.74, 6) is -0.0211. The van der Waals surface area contributed by atoms with Crippen molar-refractivity contribution < 1.29 is 15.0 Å². The van der Waals surface area contributed by atoms with Gasteiger partial charge in [-0.25, -0.2) is 0 Å². The highest BCUT2D eigenvalue weighted by atomic mass is 16.3. The van der Waals surface area contributed by atoms with Gasteiger partial charge in [-0.2, -0.15) is 0 Å². The predicted molar refractivity (Wildman–Crippen MR) is 290 cm³/mol. The van der Waals surface area contributed by atoms with Crippen molar-refractivity contribution in [3.8, 4) is 0 Å². The zero-order chi connectivity index (χ0) is 47.0. The minimum absolute atomic E-state index is 0.0211. The first-order valence-electron chi connectivity index (χ1n) is 30.7. The monoisotopic (exact) mass is 918 g/mol. The van der Waals surface area contributed by atoms with Crippen molar-refractivity contribution in [3.63, 3.8) is 0 Å². The largest absolute Gasteiger partial charge is 0.394 e. The third-order valence-electron chi connectivity index (χ3n) is 14.9. The summed E-state index contributed by atoms with van der Waals surface area (Å²) in [5, 5.41) is 23.4. The van der Waals surface area contributed by atoms with Crippen molar-refractivity contribution in [2.24, 2.45) is 0 Å². The number of aliphatic hydroxyl groups excluding tert-OH is 2. The van der Waals surface area contributed by atoms with Crippen LogP contribution in [0.5, 0.6) is 0 Å². The Balaban J connectivity index is 3.37. The van der Waals surface area contributed by atoms with Crippen LogP contribution in [0.2, 0.25) is 0 Å². The molecular formula is C61H123NO3. The highest BCUT2D eigenvalue weighted by molar-refractivity contribution is 5.76. The molecule has 0 fully saturated rings. The number of hydrogen-bond donors (Lipinski definition) is 3. The first-order valence-corrected chi connectivity index (χ1v) is 30.7. The summed E-state index contributed by atoms with van der Waals surface area (Å²) in [6.45, 7) is 4.41. The summed E-state index contributed by atoms with van der Waals surface area (Å²) in [6.07, 6.45) is 74.1. The second kappa shape index (κ2) is 57.7. The molecule has 65 heavy (non-hydrogen) atoms. The maximum Gasteiger partial charge on any atom is 0.220 e. The van der Waals surface area contributed by atoms with Crippen LogP contribution in [-0.4, -0.2) is 34.9 Å². The van der Waals surface area contributed by atoms with Gasteiger partial charge in [0, 0.05) is 6.42 Å². The maximum absolute atomic E-state index is 12.5. The van der Waals surface area contributed by atoms with E-state index in [9.17, 15) is 15.0 Å². The molecule has 0 heterocycles. The third-order valence-corrected chi connectivity index (χ3v) is 14.9. The van der Waals surface area contributed by atoms with E-state index in [1.165, 1.54) is 315 Å². The van der Waals surface area contributed by atoms with Crippen LogP contribution in [-0.2, 0) is 4.79 Å². The molecule has 2 atom stereocenters. The normalized spacial score (nSPS) is 12.6. The molecule has 0 saturated carbocycles. The molecule has 0 saturated heterocycles. The molecule has 0 bridgehead atoms. The van der Waals surface area contributed by atoms with Gasteiger partial charge >= 0.3 is 0 Å². The zero-order valence-electron chi connectivity index (χ0n) is 45.1. The van der Waals surface area contributed by atoms with E-state index in [-0.39, 0.29) is 12.5 Å². The molecule has 4 heteroatoms. The molecule has 0 radical (unpaired) electrons. The van der Waals surface area contributed by atoms with Gasteiger partial charge in [0.05, 0.1) is 18.8 Å². The van der Waals surface area contributed by atoms with Crippen molar-refractivity contribution in [2.45, 2.75) is 379 Å². The van der Waals surface area contributed by atoms with Crippen LogP contribution >= 0.6 is 0 Å². The Hall–Kier alpha value is -0.610. The fourth-order valence-corrected chi connectivity index (χ4v) is 10.2. The smallest absolute Gasteiger partial charge is 0.220 e. The average Bonchev–Trinajstić information content (AvgIpc) is 3.31. The second-order valence-corrected chi connectivity index (χ2v) is 21.5. The molecule has 0 aromatic carbocycles. The summed E-state index contributed by atoms with van der Waals surface area (Å²) >= 11 is 0. The molecule has 3 N–H and O–H groups in total. The average molecular weight is 919 g/mol. The molecule has 0 aliphatic rings. The van der Waals surface area contributed by atoms with Gasteiger partial charge in [0.15, 0.2) is 0 Å². The quantitative estimate of drug-likeness (QED) is 0.0533. The van der Waals surface area contributed by atoms with Gasteiger partial charge in [-0.15, -0.1) is 0 Å². The minimum Gasteiger partial charge on any atom is -0.394 e.